The minimum absolute atomic E-state index is 0.370. The molecule has 1 unspecified atom stereocenters. The van der Waals surface area contributed by atoms with Crippen LogP contribution in [0.5, 0.6) is 0 Å². The molecule has 1 heteroatoms. The zero-order valence-electron chi connectivity index (χ0n) is 48.4. The number of hydrogen-bond donors (Lipinski definition) is 0. The fourth-order valence-electron chi connectivity index (χ4n) is 11.8. The summed E-state index contributed by atoms with van der Waals surface area (Å²) in [5.41, 5.74) is 20.7. The van der Waals surface area contributed by atoms with E-state index in [1.165, 1.54) is 114 Å². The van der Waals surface area contributed by atoms with E-state index in [1.54, 1.807) is 0 Å². The topological polar surface area (TPSA) is 0 Å². The van der Waals surface area contributed by atoms with E-state index in [0.29, 0.717) is 5.92 Å². The Bertz CT molecular complexity index is 4080. The van der Waals surface area contributed by atoms with E-state index in [4.69, 9.17) is 0 Å². The van der Waals surface area contributed by atoms with Crippen LogP contribution in [-0.2, 0) is 18.3 Å². The van der Waals surface area contributed by atoms with Crippen molar-refractivity contribution < 1.29 is 0 Å². The molecule has 0 N–H and O–H groups in total. The van der Waals surface area contributed by atoms with E-state index < -0.39 is 5.41 Å². The van der Waals surface area contributed by atoms with Crippen molar-refractivity contribution in [2.75, 3.05) is 0 Å². The Morgan fingerprint density at radius 2 is 1.05 bits per heavy atom. The van der Waals surface area contributed by atoms with Gasteiger partial charge in [-0.3, -0.25) is 0 Å². The first-order valence-electron chi connectivity index (χ1n) is 29.1. The average molecular weight is 1080 g/mol. The highest BCUT2D eigenvalue weighted by atomic mass is 32.1. The predicted octanol–water partition coefficient (Wildman–Crippen LogP) is 22.7. The second-order valence-corrected chi connectivity index (χ2v) is 22.7. The second-order valence-electron chi connectivity index (χ2n) is 21.6. The van der Waals surface area contributed by atoms with Gasteiger partial charge in [-0.1, -0.05) is 312 Å². The van der Waals surface area contributed by atoms with Gasteiger partial charge in [0, 0.05) is 20.2 Å². The summed E-state index contributed by atoms with van der Waals surface area (Å²) in [4.78, 5) is 0. The van der Waals surface area contributed by atoms with Gasteiger partial charge in [-0.15, -0.1) is 11.3 Å². The molecule has 1 aliphatic carbocycles. The van der Waals surface area contributed by atoms with E-state index >= 15 is 0 Å². The van der Waals surface area contributed by atoms with Gasteiger partial charge in [0.15, 0.2) is 0 Å². The summed E-state index contributed by atoms with van der Waals surface area (Å²) in [5.74, 6) is 0.370. The highest BCUT2D eigenvalue weighted by Crippen LogP contribution is 2.58. The summed E-state index contributed by atoms with van der Waals surface area (Å²) in [6.07, 6.45) is 11.4. The summed E-state index contributed by atoms with van der Waals surface area (Å²) in [6, 6.07) is 94.8. The zero-order valence-corrected chi connectivity index (χ0v) is 49.3. The lowest BCUT2D eigenvalue weighted by atomic mass is 9.67. The van der Waals surface area contributed by atoms with Crippen molar-refractivity contribution in [2.45, 2.75) is 72.1 Å². The predicted molar refractivity (Wildman–Crippen MR) is 359 cm³/mol. The monoisotopic (exact) mass is 1080 g/mol. The molecule has 1 atom stereocenters. The van der Waals surface area contributed by atoms with Crippen molar-refractivity contribution >= 4 is 47.9 Å². The molecule has 0 aliphatic heterocycles. The number of thiophene rings is 1. The molecule has 0 saturated heterocycles. The van der Waals surface area contributed by atoms with Crippen molar-refractivity contribution in [3.63, 3.8) is 0 Å². The Labute approximate surface area is 492 Å². The van der Waals surface area contributed by atoms with Gasteiger partial charge in [0.25, 0.3) is 0 Å². The van der Waals surface area contributed by atoms with Crippen molar-refractivity contribution in [2.24, 2.45) is 0 Å². The summed E-state index contributed by atoms with van der Waals surface area (Å²) in [5, 5.41) is 5.47. The molecule has 404 valence electrons. The molecule has 0 bridgehead atoms. The molecule has 12 aromatic rings. The quantitative estimate of drug-likeness (QED) is 0.113. The smallest absolute Gasteiger partial charge is 0.0713 e. The Morgan fingerprint density at radius 3 is 1.68 bits per heavy atom. The van der Waals surface area contributed by atoms with E-state index in [1.807, 2.05) is 47.8 Å². The van der Waals surface area contributed by atoms with Crippen LogP contribution in [0.25, 0.3) is 58.8 Å². The van der Waals surface area contributed by atoms with Gasteiger partial charge in [-0.2, -0.15) is 0 Å². The van der Waals surface area contributed by atoms with Gasteiger partial charge in [-0.25, -0.2) is 0 Å². The fraction of sp³-hybridized carbons (Fsp3) is 0.136. The van der Waals surface area contributed by atoms with E-state index in [-0.39, 0.29) is 0 Å². The summed E-state index contributed by atoms with van der Waals surface area (Å²) >= 11 is 1.91. The lowest BCUT2D eigenvalue weighted by Crippen LogP contribution is -2.28. The number of fused-ring (bicyclic) bond motifs is 8. The van der Waals surface area contributed by atoms with Crippen LogP contribution < -0.4 is 0 Å². The molecule has 0 spiro atoms. The average Bonchev–Trinajstić information content (AvgIpc) is 2.91. The van der Waals surface area contributed by atoms with E-state index in [2.05, 4.69) is 297 Å². The third-order valence-electron chi connectivity index (χ3n) is 15.9. The molecule has 1 aliphatic rings. The second kappa shape index (κ2) is 26.6. The van der Waals surface area contributed by atoms with Gasteiger partial charge < -0.3 is 0 Å². The van der Waals surface area contributed by atoms with Gasteiger partial charge in [0.1, 0.15) is 0 Å². The third kappa shape index (κ3) is 12.4. The number of rotatable bonds is 11. The van der Waals surface area contributed by atoms with Crippen LogP contribution in [0.4, 0.5) is 0 Å². The third-order valence-corrected chi connectivity index (χ3v) is 17.0. The summed E-state index contributed by atoms with van der Waals surface area (Å²) in [7, 11) is 0. The summed E-state index contributed by atoms with van der Waals surface area (Å²) < 4.78 is 2.75. The maximum atomic E-state index is 4.06. The number of hydrogen-bond acceptors (Lipinski definition) is 1. The first-order chi connectivity index (χ1) is 40.2. The van der Waals surface area contributed by atoms with Crippen LogP contribution in [0, 0.1) is 20.8 Å². The van der Waals surface area contributed by atoms with Crippen LogP contribution in [0.3, 0.4) is 0 Å². The van der Waals surface area contributed by atoms with E-state index in [0.717, 1.165) is 24.8 Å². The molecule has 0 nitrogen and oxygen atoms in total. The van der Waals surface area contributed by atoms with Crippen LogP contribution in [0.1, 0.15) is 94.3 Å². The van der Waals surface area contributed by atoms with Crippen molar-refractivity contribution in [1.29, 1.82) is 0 Å². The molecule has 0 saturated carbocycles. The van der Waals surface area contributed by atoms with Crippen LogP contribution >= 0.6 is 11.3 Å². The normalized spacial score (nSPS) is 12.4. The molecular weight excluding hydrogens is 1000 g/mol. The van der Waals surface area contributed by atoms with Crippen LogP contribution in [0.2, 0.25) is 0 Å². The summed E-state index contributed by atoms with van der Waals surface area (Å²) in [6.45, 7) is 17.2. The molecule has 0 radical (unpaired) electrons. The van der Waals surface area contributed by atoms with E-state index in [9.17, 15) is 0 Å². The van der Waals surface area contributed by atoms with Crippen molar-refractivity contribution in [1.82, 2.24) is 0 Å². The molecule has 1 heterocycles. The van der Waals surface area contributed by atoms with Crippen molar-refractivity contribution in [3.8, 4) is 22.3 Å². The Morgan fingerprint density at radius 1 is 0.488 bits per heavy atom. The zero-order chi connectivity index (χ0) is 56.8. The minimum atomic E-state index is -0.412. The molecule has 0 fully saturated rings. The standard InChI is InChI=1S/C45H34S.C16H20.C13H12.C7H8/c1-29(35-21-13-23-42-44(35)38-20-11-12-22-41(38)46-42)26-31-24-25-37-39(28-31)45(32-14-5-3-6-15-32,33-16-7-4-8-17-33)40-27-30(2)34-18-9-10-19-36(34)43(37)40;1-4-6-7-8-9-14(3)16-12-10-15(5-2)11-13-16;1-11-6-5-9-13(10-11)12-7-3-2-4-8-12;1-7-5-3-2-4-6-7/h3-25,27-29H,26H2,1-2H3;6-13H,3-5H2,1-2H3;2-10H,1H3;2-6H,1H3/b;7-6-,9-8-;;. The SMILES string of the molecule is C=C(/C=C\C=C/CC)c1ccc(CC)cc1.Cc1cc2c(c3ccccc13)-c1ccc(CC(C)c3cccc4sc5ccccc5c34)cc1C2(c1ccccc1)c1ccccc1.Cc1cccc(-c2ccccc2)c1.Cc1ccccc1. The first kappa shape index (κ1) is 56.4. The highest BCUT2D eigenvalue weighted by molar-refractivity contribution is 7.25. The minimum Gasteiger partial charge on any atom is -0.135 e. The largest absolute Gasteiger partial charge is 0.135 e. The van der Waals surface area contributed by atoms with Gasteiger partial charge in [-0.05, 0) is 147 Å². The lowest BCUT2D eigenvalue weighted by molar-refractivity contribution is 0.748. The number of allylic oxidation sites excluding steroid dienone is 5. The fourth-order valence-corrected chi connectivity index (χ4v) is 12.9. The van der Waals surface area contributed by atoms with Crippen LogP contribution in [0.15, 0.2) is 292 Å². The Kier molecular flexibility index (Phi) is 18.3. The van der Waals surface area contributed by atoms with Gasteiger partial charge in [0.05, 0.1) is 5.41 Å². The number of aryl methyl sites for hydroxylation is 4. The lowest BCUT2D eigenvalue weighted by Gasteiger charge is -2.34. The maximum Gasteiger partial charge on any atom is 0.0713 e. The van der Waals surface area contributed by atoms with Crippen LogP contribution in [-0.4, -0.2) is 0 Å². The number of benzene rings is 11. The highest BCUT2D eigenvalue weighted by Gasteiger charge is 2.47. The maximum absolute atomic E-state index is 4.06. The Balaban J connectivity index is 0.000000169. The van der Waals surface area contributed by atoms with Gasteiger partial charge >= 0.3 is 0 Å². The molecule has 0 amide bonds. The molecular formula is C81H74S. The molecule has 11 aromatic carbocycles. The van der Waals surface area contributed by atoms with Gasteiger partial charge in [0.2, 0.25) is 0 Å². The Hall–Kier alpha value is -8.88. The molecule has 13 rings (SSSR count). The molecule has 1 aromatic heterocycles. The molecule has 82 heavy (non-hydrogen) atoms. The van der Waals surface area contributed by atoms with Crippen molar-refractivity contribution in [3.05, 3.63) is 353 Å². The first-order valence-corrected chi connectivity index (χ1v) is 29.9.